The predicted octanol–water partition coefficient (Wildman–Crippen LogP) is 3.49. The van der Waals surface area contributed by atoms with Crippen LogP contribution in [0.3, 0.4) is 0 Å². The lowest BCUT2D eigenvalue weighted by Crippen LogP contribution is -2.41. The normalized spacial score (nSPS) is 22.8. The molecule has 0 amide bonds. The number of rotatable bonds is 2. The van der Waals surface area contributed by atoms with Gasteiger partial charge in [-0.3, -0.25) is 0 Å². The summed E-state index contributed by atoms with van der Waals surface area (Å²) >= 11 is 0. The van der Waals surface area contributed by atoms with Crippen molar-refractivity contribution in [3.05, 3.63) is 29.7 Å². The van der Waals surface area contributed by atoms with Gasteiger partial charge in [-0.2, -0.15) is 0 Å². The fourth-order valence-electron chi connectivity index (χ4n) is 2.44. The first-order valence-electron chi connectivity index (χ1n) is 7.81. The maximum Gasteiger partial charge on any atom is 0.487 e. The Labute approximate surface area is 132 Å². The second-order valence-corrected chi connectivity index (χ2v) is 6.74. The number of hydrogen-bond acceptors (Lipinski definition) is 4. The molecule has 0 aliphatic carbocycles. The van der Waals surface area contributed by atoms with Crippen LogP contribution in [0, 0.1) is 0 Å². The zero-order valence-corrected chi connectivity index (χ0v) is 13.7. The molecular weight excluding hydrogens is 279 g/mol. The van der Waals surface area contributed by atoms with Crippen molar-refractivity contribution in [2.24, 2.45) is 0 Å². The van der Waals surface area contributed by atoms with E-state index in [4.69, 9.17) is 18.8 Å². The molecular formula is C17H23BO4. The van der Waals surface area contributed by atoms with Gasteiger partial charge in [-0.25, -0.2) is 0 Å². The summed E-state index contributed by atoms with van der Waals surface area (Å²) in [6, 6.07) is 5.95. The quantitative estimate of drug-likeness (QED) is 0.784. The molecule has 0 saturated carbocycles. The zero-order valence-electron chi connectivity index (χ0n) is 13.7. The average Bonchev–Trinajstić information content (AvgIpc) is 2.61. The summed E-state index contributed by atoms with van der Waals surface area (Å²) in [4.78, 5) is 0. The van der Waals surface area contributed by atoms with Gasteiger partial charge in [-0.15, -0.1) is 0 Å². The van der Waals surface area contributed by atoms with Crippen molar-refractivity contribution in [3.63, 3.8) is 0 Å². The molecule has 118 valence electrons. The van der Waals surface area contributed by atoms with Crippen LogP contribution in [0.2, 0.25) is 0 Å². The molecule has 2 aliphatic rings. The molecule has 3 rings (SSSR count). The standard InChI is InChI=1S/C17H23BO4/c1-16(2)17(3,4)22-18(21-16)9-8-13-6-7-14-15(12-13)20-11-5-10-19-14/h6-9,12H,5,10-11H2,1-4H3/b9-8+. The number of ether oxygens (including phenoxy) is 2. The lowest BCUT2D eigenvalue weighted by molar-refractivity contribution is 0.00578. The second-order valence-electron chi connectivity index (χ2n) is 6.74. The van der Waals surface area contributed by atoms with E-state index in [9.17, 15) is 0 Å². The Kier molecular flexibility index (Phi) is 3.95. The fraction of sp³-hybridized carbons (Fsp3) is 0.529. The van der Waals surface area contributed by atoms with Crippen molar-refractivity contribution in [2.75, 3.05) is 13.2 Å². The van der Waals surface area contributed by atoms with Gasteiger partial charge in [-0.05, 0) is 45.4 Å². The van der Waals surface area contributed by atoms with E-state index in [1.807, 2.05) is 30.3 Å². The summed E-state index contributed by atoms with van der Waals surface area (Å²) in [5.74, 6) is 3.55. The molecule has 4 nitrogen and oxygen atoms in total. The van der Waals surface area contributed by atoms with E-state index in [1.54, 1.807) is 0 Å². The van der Waals surface area contributed by atoms with Crippen molar-refractivity contribution in [1.29, 1.82) is 0 Å². The highest BCUT2D eigenvalue weighted by molar-refractivity contribution is 6.52. The smallest absolute Gasteiger partial charge is 0.487 e. The molecule has 1 aromatic rings. The highest BCUT2D eigenvalue weighted by Gasteiger charge is 2.49. The number of benzene rings is 1. The van der Waals surface area contributed by atoms with Crippen LogP contribution in [0.1, 0.15) is 39.7 Å². The van der Waals surface area contributed by atoms with E-state index in [1.165, 1.54) is 0 Å². The van der Waals surface area contributed by atoms with Crippen LogP contribution in [-0.2, 0) is 9.31 Å². The zero-order chi connectivity index (χ0) is 15.8. The molecule has 0 N–H and O–H groups in total. The van der Waals surface area contributed by atoms with E-state index < -0.39 is 0 Å². The summed E-state index contributed by atoms with van der Waals surface area (Å²) in [6.45, 7) is 9.60. The summed E-state index contributed by atoms with van der Waals surface area (Å²) in [5, 5.41) is 0. The van der Waals surface area contributed by atoms with Gasteiger partial charge in [0, 0.05) is 6.42 Å². The molecule has 2 aliphatic heterocycles. The minimum atomic E-state index is -0.332. The van der Waals surface area contributed by atoms with E-state index in [-0.39, 0.29) is 18.3 Å². The van der Waals surface area contributed by atoms with Crippen molar-refractivity contribution < 1.29 is 18.8 Å². The second kappa shape index (κ2) is 5.63. The summed E-state index contributed by atoms with van der Waals surface area (Å²) in [6.07, 6.45) is 2.91. The Morgan fingerprint density at radius 2 is 1.59 bits per heavy atom. The SMILES string of the molecule is CC1(C)OB(/C=C/c2ccc3c(c2)OCCCO3)OC1(C)C. The van der Waals surface area contributed by atoms with E-state index >= 15 is 0 Å². The summed E-state index contributed by atoms with van der Waals surface area (Å²) < 4.78 is 23.3. The van der Waals surface area contributed by atoms with Crippen LogP contribution in [0.5, 0.6) is 11.5 Å². The molecule has 2 heterocycles. The molecule has 1 aromatic carbocycles. The van der Waals surface area contributed by atoms with Crippen LogP contribution in [0.25, 0.3) is 6.08 Å². The molecule has 0 spiro atoms. The summed E-state index contributed by atoms with van der Waals surface area (Å²) in [5.41, 5.74) is 0.415. The van der Waals surface area contributed by atoms with Gasteiger partial charge in [0.05, 0.1) is 24.4 Å². The maximum atomic E-state index is 5.95. The first-order chi connectivity index (χ1) is 10.4. The molecule has 22 heavy (non-hydrogen) atoms. The molecule has 0 aromatic heterocycles. The fourth-order valence-corrected chi connectivity index (χ4v) is 2.44. The third-order valence-corrected chi connectivity index (χ3v) is 4.49. The molecule has 0 radical (unpaired) electrons. The van der Waals surface area contributed by atoms with Gasteiger partial charge in [0.1, 0.15) is 0 Å². The number of hydrogen-bond donors (Lipinski definition) is 0. The van der Waals surface area contributed by atoms with Crippen LogP contribution in [-0.4, -0.2) is 31.5 Å². The highest BCUT2D eigenvalue weighted by atomic mass is 16.7. The number of fused-ring (bicyclic) bond motifs is 1. The van der Waals surface area contributed by atoms with E-state index in [2.05, 4.69) is 27.7 Å². The largest absolute Gasteiger partial charge is 0.490 e. The third-order valence-electron chi connectivity index (χ3n) is 4.49. The lowest BCUT2D eigenvalue weighted by Gasteiger charge is -2.32. The Balaban J connectivity index is 1.73. The topological polar surface area (TPSA) is 36.9 Å². The maximum absolute atomic E-state index is 5.95. The minimum absolute atomic E-state index is 0.313. The van der Waals surface area contributed by atoms with Gasteiger partial charge in [0.15, 0.2) is 11.5 Å². The van der Waals surface area contributed by atoms with E-state index in [0.29, 0.717) is 13.2 Å². The van der Waals surface area contributed by atoms with Crippen LogP contribution in [0.4, 0.5) is 0 Å². The van der Waals surface area contributed by atoms with Crippen molar-refractivity contribution in [1.82, 2.24) is 0 Å². The lowest BCUT2D eigenvalue weighted by atomic mass is 9.89. The van der Waals surface area contributed by atoms with Crippen molar-refractivity contribution in [3.8, 4) is 11.5 Å². The van der Waals surface area contributed by atoms with Gasteiger partial charge < -0.3 is 18.8 Å². The van der Waals surface area contributed by atoms with Gasteiger partial charge in [0.2, 0.25) is 0 Å². The Morgan fingerprint density at radius 1 is 0.955 bits per heavy atom. The van der Waals surface area contributed by atoms with Crippen molar-refractivity contribution in [2.45, 2.75) is 45.3 Å². The van der Waals surface area contributed by atoms with Crippen LogP contribution >= 0.6 is 0 Å². The van der Waals surface area contributed by atoms with Gasteiger partial charge >= 0.3 is 7.12 Å². The molecule has 0 bridgehead atoms. The van der Waals surface area contributed by atoms with Crippen molar-refractivity contribution >= 4 is 13.2 Å². The van der Waals surface area contributed by atoms with Crippen LogP contribution in [0.15, 0.2) is 24.2 Å². The third kappa shape index (κ3) is 3.01. The Bertz CT molecular complexity index is 564. The van der Waals surface area contributed by atoms with Gasteiger partial charge in [-0.1, -0.05) is 18.1 Å². The first kappa shape index (κ1) is 15.4. The summed E-state index contributed by atoms with van der Waals surface area (Å²) in [7, 11) is -0.332. The Hall–Kier alpha value is -1.46. The molecule has 0 atom stereocenters. The molecule has 1 saturated heterocycles. The monoisotopic (exact) mass is 302 g/mol. The molecule has 0 unspecified atom stereocenters. The molecule has 1 fully saturated rings. The van der Waals surface area contributed by atoms with E-state index in [0.717, 1.165) is 23.5 Å². The predicted molar refractivity (Wildman–Crippen MR) is 87.2 cm³/mol. The average molecular weight is 302 g/mol. The minimum Gasteiger partial charge on any atom is -0.490 e. The Morgan fingerprint density at radius 3 is 2.27 bits per heavy atom. The first-order valence-corrected chi connectivity index (χ1v) is 7.81. The highest BCUT2D eigenvalue weighted by Crippen LogP contribution is 2.37. The molecule has 5 heteroatoms. The van der Waals surface area contributed by atoms with Crippen LogP contribution < -0.4 is 9.47 Å². The van der Waals surface area contributed by atoms with Gasteiger partial charge in [0.25, 0.3) is 0 Å².